The number of methoxy groups -OCH3 is 1. The van der Waals surface area contributed by atoms with Crippen LogP contribution in [0.4, 0.5) is 0 Å². The van der Waals surface area contributed by atoms with Crippen molar-refractivity contribution in [2.75, 3.05) is 7.11 Å². The maximum Gasteiger partial charge on any atom is 0.307 e. The second kappa shape index (κ2) is 10.7. The fraction of sp³-hybridized carbons (Fsp3) is 0.308. The monoisotopic (exact) mass is 509 g/mol. The van der Waals surface area contributed by atoms with E-state index in [-0.39, 0.29) is 23.7 Å². The Morgan fingerprint density at radius 1 is 1.03 bits per heavy atom. The van der Waals surface area contributed by atoms with Gasteiger partial charge in [-0.15, -0.1) is 0 Å². The fourth-order valence-corrected chi connectivity index (χ4v) is 3.69. The molecule has 1 heterocycles. The molecule has 0 fully saturated rings. The first-order valence-corrected chi connectivity index (χ1v) is 11.5. The van der Waals surface area contributed by atoms with Crippen molar-refractivity contribution in [3.05, 3.63) is 82.1 Å². The minimum atomic E-state index is -0.403. The van der Waals surface area contributed by atoms with Crippen LogP contribution in [-0.4, -0.2) is 35.0 Å². The van der Waals surface area contributed by atoms with Gasteiger partial charge in [0.25, 0.3) is 5.91 Å². The first kappa shape index (κ1) is 24.6. The van der Waals surface area contributed by atoms with E-state index in [2.05, 4.69) is 52.0 Å². The molecule has 0 saturated heterocycles. The highest BCUT2D eigenvalue weighted by Gasteiger charge is 2.20. The van der Waals surface area contributed by atoms with Crippen LogP contribution in [0.3, 0.4) is 0 Å². The van der Waals surface area contributed by atoms with E-state index in [1.165, 1.54) is 7.11 Å². The molecule has 0 saturated carbocycles. The van der Waals surface area contributed by atoms with E-state index in [4.69, 9.17) is 4.74 Å². The van der Waals surface area contributed by atoms with Gasteiger partial charge in [0.05, 0.1) is 13.5 Å². The van der Waals surface area contributed by atoms with E-state index in [9.17, 15) is 9.59 Å². The fourth-order valence-electron chi connectivity index (χ4n) is 3.40. The van der Waals surface area contributed by atoms with Crippen molar-refractivity contribution in [2.24, 2.45) is 0 Å². The number of carbonyl (C=O) groups is 2. The van der Waals surface area contributed by atoms with Gasteiger partial charge in [0.15, 0.2) is 5.82 Å². The second-order valence-electron chi connectivity index (χ2n) is 8.88. The predicted molar refractivity (Wildman–Crippen MR) is 132 cm³/mol. The average molecular weight is 510 g/mol. The highest BCUT2D eigenvalue weighted by molar-refractivity contribution is 9.10. The Bertz CT molecular complexity index is 1110. The van der Waals surface area contributed by atoms with Gasteiger partial charge in [0.2, 0.25) is 0 Å². The molecule has 0 bridgehead atoms. The van der Waals surface area contributed by atoms with E-state index >= 15 is 0 Å². The summed E-state index contributed by atoms with van der Waals surface area (Å²) in [5.74, 6) is 0.0279. The van der Waals surface area contributed by atoms with Crippen molar-refractivity contribution < 1.29 is 14.3 Å². The van der Waals surface area contributed by atoms with E-state index in [1.807, 2.05) is 48.5 Å². The van der Waals surface area contributed by atoms with Crippen LogP contribution < -0.4 is 5.32 Å². The molecular weight excluding hydrogens is 482 g/mol. The summed E-state index contributed by atoms with van der Waals surface area (Å²) in [6.07, 6.45) is 2.26. The number of aromatic nitrogens is 2. The Morgan fingerprint density at radius 3 is 2.27 bits per heavy atom. The molecule has 172 valence electrons. The van der Waals surface area contributed by atoms with E-state index in [1.54, 1.807) is 12.3 Å². The minimum absolute atomic E-state index is 0.00938. The van der Waals surface area contributed by atoms with Crippen molar-refractivity contribution in [1.29, 1.82) is 0 Å². The molecule has 0 radical (unpaired) electrons. The summed E-state index contributed by atoms with van der Waals surface area (Å²) in [5.41, 5.74) is 3.58. The summed E-state index contributed by atoms with van der Waals surface area (Å²) in [5, 5.41) is 2.99. The van der Waals surface area contributed by atoms with Crippen molar-refractivity contribution in [3.8, 4) is 11.4 Å². The molecule has 33 heavy (non-hydrogen) atoms. The highest BCUT2D eigenvalue weighted by Crippen LogP contribution is 2.22. The zero-order chi connectivity index (χ0) is 24.0. The molecule has 0 aliphatic heterocycles. The summed E-state index contributed by atoms with van der Waals surface area (Å²) in [4.78, 5) is 33.5. The molecule has 0 aliphatic carbocycles. The third-order valence-electron chi connectivity index (χ3n) is 5.30. The molecule has 1 unspecified atom stereocenters. The summed E-state index contributed by atoms with van der Waals surface area (Å²) in [6.45, 7) is 6.38. The summed E-state index contributed by atoms with van der Waals surface area (Å²) in [6, 6.07) is 16.7. The van der Waals surface area contributed by atoms with Crippen molar-refractivity contribution in [1.82, 2.24) is 15.3 Å². The number of hydrogen-bond donors (Lipinski definition) is 1. The summed E-state index contributed by atoms with van der Waals surface area (Å²) >= 11 is 3.36. The topological polar surface area (TPSA) is 81.2 Å². The molecule has 1 atom stereocenters. The zero-order valence-corrected chi connectivity index (χ0v) is 20.8. The van der Waals surface area contributed by atoms with Gasteiger partial charge in [-0.1, -0.05) is 57.2 Å². The van der Waals surface area contributed by atoms with Crippen molar-refractivity contribution in [2.45, 2.75) is 45.1 Å². The molecule has 2 aromatic carbocycles. The van der Waals surface area contributed by atoms with Crippen molar-refractivity contribution >= 4 is 27.8 Å². The Kier molecular flexibility index (Phi) is 7.97. The highest BCUT2D eigenvalue weighted by atomic mass is 79.9. The van der Waals surface area contributed by atoms with Crippen LogP contribution >= 0.6 is 15.9 Å². The van der Waals surface area contributed by atoms with E-state index in [0.717, 1.165) is 16.7 Å². The Balaban J connectivity index is 1.73. The molecule has 3 rings (SSSR count). The number of benzene rings is 2. The summed E-state index contributed by atoms with van der Waals surface area (Å²) < 4.78 is 5.55. The molecule has 0 spiro atoms. The van der Waals surface area contributed by atoms with Gasteiger partial charge in [0, 0.05) is 23.4 Å². The Hall–Kier alpha value is -3.06. The van der Waals surface area contributed by atoms with Crippen LogP contribution in [0.25, 0.3) is 11.4 Å². The minimum Gasteiger partial charge on any atom is -0.469 e. The smallest absolute Gasteiger partial charge is 0.307 e. The maximum atomic E-state index is 12.9. The van der Waals surface area contributed by atoms with Crippen LogP contribution in [0, 0.1) is 0 Å². The predicted octanol–water partition coefficient (Wildman–Crippen LogP) is 5.11. The van der Waals surface area contributed by atoms with E-state index < -0.39 is 6.04 Å². The normalized spacial score (nSPS) is 12.2. The molecule has 3 aromatic rings. The molecule has 6 nitrogen and oxygen atoms in total. The number of nitrogens with zero attached hydrogens (tertiary/aromatic N) is 2. The second-order valence-corrected chi connectivity index (χ2v) is 9.69. The molecule has 7 heteroatoms. The number of halogens is 1. The number of esters is 1. The molecule has 1 amide bonds. The van der Waals surface area contributed by atoms with Gasteiger partial charge >= 0.3 is 5.97 Å². The average Bonchev–Trinajstić information content (AvgIpc) is 2.79. The Morgan fingerprint density at radius 2 is 1.70 bits per heavy atom. The lowest BCUT2D eigenvalue weighted by Gasteiger charge is -2.20. The number of ether oxygens (including phenoxy) is 1. The first-order chi connectivity index (χ1) is 15.7. The van der Waals surface area contributed by atoms with Gasteiger partial charge in [-0.3, -0.25) is 9.59 Å². The number of rotatable bonds is 7. The van der Waals surface area contributed by atoms with Crippen LogP contribution in [0.2, 0.25) is 0 Å². The summed E-state index contributed by atoms with van der Waals surface area (Å²) in [7, 11) is 1.35. The van der Waals surface area contributed by atoms with Crippen molar-refractivity contribution in [3.63, 3.8) is 0 Å². The Labute approximate surface area is 202 Å². The van der Waals surface area contributed by atoms with Crippen LogP contribution in [0.15, 0.2) is 65.4 Å². The van der Waals surface area contributed by atoms with Crippen LogP contribution in [-0.2, 0) is 21.4 Å². The molecule has 1 N–H and O–H groups in total. The van der Waals surface area contributed by atoms with Crippen LogP contribution in [0.1, 0.15) is 48.7 Å². The van der Waals surface area contributed by atoms with E-state index in [0.29, 0.717) is 22.4 Å². The van der Waals surface area contributed by atoms with Gasteiger partial charge in [0.1, 0.15) is 4.60 Å². The third-order valence-corrected chi connectivity index (χ3v) is 5.75. The van der Waals surface area contributed by atoms with Gasteiger partial charge in [-0.25, -0.2) is 9.97 Å². The molecular formula is C26H28BrN3O3. The lowest BCUT2D eigenvalue weighted by atomic mass is 9.86. The quantitative estimate of drug-likeness (QED) is 0.353. The number of amides is 1. The number of hydrogen-bond acceptors (Lipinski definition) is 5. The van der Waals surface area contributed by atoms with Gasteiger partial charge in [-0.05, 0) is 57.1 Å². The number of nitrogens with one attached hydrogen (secondary N) is 1. The SMILES string of the molecule is COC(=O)CC(Cc1ccc(-c2nccc(Br)n2)cc1)NC(=O)c1ccc(C(C)(C)C)cc1. The maximum absolute atomic E-state index is 12.9. The van der Waals surface area contributed by atoms with Crippen LogP contribution in [0.5, 0.6) is 0 Å². The lowest BCUT2D eigenvalue weighted by molar-refractivity contribution is -0.141. The lowest BCUT2D eigenvalue weighted by Crippen LogP contribution is -2.38. The zero-order valence-electron chi connectivity index (χ0n) is 19.3. The largest absolute Gasteiger partial charge is 0.469 e. The molecule has 0 aliphatic rings. The standard InChI is InChI=1S/C26H28BrN3O3/c1-26(2,3)20-11-9-19(10-12-20)25(32)29-21(16-23(31)33-4)15-17-5-7-18(8-6-17)24-28-14-13-22(27)30-24/h5-14,21H,15-16H2,1-4H3,(H,29,32). The third kappa shape index (κ3) is 6.96. The van der Waals surface area contributed by atoms with Gasteiger partial charge in [-0.2, -0.15) is 0 Å². The van der Waals surface area contributed by atoms with Gasteiger partial charge < -0.3 is 10.1 Å². The first-order valence-electron chi connectivity index (χ1n) is 10.7. The molecule has 1 aromatic heterocycles. The number of carbonyl (C=O) groups excluding carboxylic acids is 2.